The molecule has 0 bridgehead atoms. The van der Waals surface area contributed by atoms with Gasteiger partial charge in [-0.05, 0) is 38.4 Å². The van der Waals surface area contributed by atoms with E-state index in [1.54, 1.807) is 0 Å². The normalized spacial score (nSPS) is 11.2. The molecule has 2 N–H and O–H groups in total. The van der Waals surface area contributed by atoms with Crippen LogP contribution in [0.4, 0.5) is 0 Å². The van der Waals surface area contributed by atoms with Crippen LogP contribution in [0, 0.1) is 0 Å². The third-order valence-electron chi connectivity index (χ3n) is 2.85. The minimum absolute atomic E-state index is 0. The van der Waals surface area contributed by atoms with E-state index in [1.165, 1.54) is 11.1 Å². The smallest absolute Gasteiger partial charge is 0.191 e. The van der Waals surface area contributed by atoms with Gasteiger partial charge in [0.25, 0.3) is 0 Å². The topological polar surface area (TPSA) is 39.7 Å². The first-order valence-corrected chi connectivity index (χ1v) is 8.78. The first kappa shape index (κ1) is 21.5. The zero-order chi connectivity index (χ0) is 15.5. The van der Waals surface area contributed by atoms with Crippen molar-refractivity contribution in [3.05, 3.63) is 35.4 Å². The standard InChI is InChI=1S/C16H28N4S.HI/c1-5-17-16(18-9-10-21-4)19-12-14-7-6-8-15(11-14)13-20(2)3;/h6-8,11H,5,9-10,12-13H2,1-4H3,(H2,17,18,19);1H. The molecule has 0 amide bonds. The summed E-state index contributed by atoms with van der Waals surface area (Å²) in [6.45, 7) is 5.57. The molecule has 0 saturated heterocycles. The van der Waals surface area contributed by atoms with Gasteiger partial charge in [-0.1, -0.05) is 24.3 Å². The Morgan fingerprint density at radius 1 is 1.23 bits per heavy atom. The molecule has 0 saturated carbocycles. The van der Waals surface area contributed by atoms with Crippen molar-refractivity contribution in [1.29, 1.82) is 0 Å². The highest BCUT2D eigenvalue weighted by Crippen LogP contribution is 2.08. The van der Waals surface area contributed by atoms with E-state index in [0.717, 1.165) is 31.3 Å². The van der Waals surface area contributed by atoms with E-state index >= 15 is 0 Å². The van der Waals surface area contributed by atoms with Crippen molar-refractivity contribution >= 4 is 41.7 Å². The molecule has 6 heteroatoms. The van der Waals surface area contributed by atoms with E-state index in [9.17, 15) is 0 Å². The molecular formula is C16H29IN4S. The maximum atomic E-state index is 4.65. The highest BCUT2D eigenvalue weighted by Gasteiger charge is 1.99. The fourth-order valence-corrected chi connectivity index (χ4v) is 2.28. The number of aliphatic imine (C=N–C) groups is 1. The molecule has 1 aromatic carbocycles. The average molecular weight is 436 g/mol. The molecule has 0 heterocycles. The van der Waals surface area contributed by atoms with Crippen LogP contribution >= 0.6 is 35.7 Å². The average Bonchev–Trinajstić information content (AvgIpc) is 2.44. The first-order valence-electron chi connectivity index (χ1n) is 7.39. The van der Waals surface area contributed by atoms with Crippen molar-refractivity contribution in [3.63, 3.8) is 0 Å². The summed E-state index contributed by atoms with van der Waals surface area (Å²) in [4.78, 5) is 6.82. The third-order valence-corrected chi connectivity index (χ3v) is 3.47. The number of guanidine groups is 1. The van der Waals surface area contributed by atoms with Crippen LogP contribution in [0.1, 0.15) is 18.1 Å². The molecular weight excluding hydrogens is 407 g/mol. The molecule has 1 aromatic rings. The molecule has 1 rings (SSSR count). The Morgan fingerprint density at radius 2 is 1.95 bits per heavy atom. The number of thioether (sulfide) groups is 1. The molecule has 0 atom stereocenters. The van der Waals surface area contributed by atoms with Crippen LogP contribution in [-0.2, 0) is 13.1 Å². The van der Waals surface area contributed by atoms with Crippen LogP contribution in [0.3, 0.4) is 0 Å². The van der Waals surface area contributed by atoms with Gasteiger partial charge in [0.05, 0.1) is 6.54 Å². The second-order valence-electron chi connectivity index (χ2n) is 5.17. The summed E-state index contributed by atoms with van der Waals surface area (Å²) < 4.78 is 0. The molecule has 4 nitrogen and oxygen atoms in total. The van der Waals surface area contributed by atoms with Gasteiger partial charge in [0.15, 0.2) is 5.96 Å². The summed E-state index contributed by atoms with van der Waals surface area (Å²) in [6, 6.07) is 8.63. The van der Waals surface area contributed by atoms with Crippen LogP contribution in [0.25, 0.3) is 0 Å². The number of rotatable bonds is 8. The van der Waals surface area contributed by atoms with E-state index in [2.05, 4.69) is 72.1 Å². The van der Waals surface area contributed by atoms with Gasteiger partial charge in [0.2, 0.25) is 0 Å². The lowest BCUT2D eigenvalue weighted by Gasteiger charge is -2.12. The first-order chi connectivity index (χ1) is 10.2. The number of halogens is 1. The van der Waals surface area contributed by atoms with E-state index in [-0.39, 0.29) is 24.0 Å². The van der Waals surface area contributed by atoms with E-state index in [0.29, 0.717) is 6.54 Å². The van der Waals surface area contributed by atoms with Gasteiger partial charge in [0, 0.05) is 25.4 Å². The second kappa shape index (κ2) is 13.0. The van der Waals surface area contributed by atoms with E-state index in [4.69, 9.17) is 0 Å². The Kier molecular flexibility index (Phi) is 12.7. The molecule has 126 valence electrons. The predicted molar refractivity (Wildman–Crippen MR) is 110 cm³/mol. The SMILES string of the molecule is CCNC(=NCc1cccc(CN(C)C)c1)NCCSC.I. The Balaban J connectivity index is 0.00000441. The summed E-state index contributed by atoms with van der Waals surface area (Å²) in [5.74, 6) is 1.98. The monoisotopic (exact) mass is 436 g/mol. The Morgan fingerprint density at radius 3 is 2.59 bits per heavy atom. The molecule has 22 heavy (non-hydrogen) atoms. The van der Waals surface area contributed by atoms with Crippen LogP contribution in [0.15, 0.2) is 29.3 Å². The zero-order valence-electron chi connectivity index (χ0n) is 14.1. The van der Waals surface area contributed by atoms with Gasteiger partial charge in [-0.25, -0.2) is 4.99 Å². The molecule has 0 aromatic heterocycles. The lowest BCUT2D eigenvalue weighted by molar-refractivity contribution is 0.402. The fourth-order valence-electron chi connectivity index (χ4n) is 1.98. The largest absolute Gasteiger partial charge is 0.357 e. The maximum Gasteiger partial charge on any atom is 0.191 e. The van der Waals surface area contributed by atoms with Crippen molar-refractivity contribution in [3.8, 4) is 0 Å². The number of hydrogen-bond acceptors (Lipinski definition) is 3. The summed E-state index contributed by atoms with van der Waals surface area (Å²) in [7, 11) is 4.17. The van der Waals surface area contributed by atoms with Crippen LogP contribution in [0.5, 0.6) is 0 Å². The molecule has 0 fully saturated rings. The summed E-state index contributed by atoms with van der Waals surface area (Å²) >= 11 is 1.83. The van der Waals surface area contributed by atoms with Crippen LogP contribution in [0.2, 0.25) is 0 Å². The lowest BCUT2D eigenvalue weighted by Crippen LogP contribution is -2.38. The van der Waals surface area contributed by atoms with Crippen molar-refractivity contribution < 1.29 is 0 Å². The zero-order valence-corrected chi connectivity index (χ0v) is 17.2. The van der Waals surface area contributed by atoms with Crippen molar-refractivity contribution in [2.45, 2.75) is 20.0 Å². The number of nitrogens with zero attached hydrogens (tertiary/aromatic N) is 2. The van der Waals surface area contributed by atoms with Gasteiger partial charge in [-0.2, -0.15) is 11.8 Å². The molecule has 0 aliphatic carbocycles. The molecule has 0 spiro atoms. The van der Waals surface area contributed by atoms with Crippen molar-refractivity contribution in [2.24, 2.45) is 4.99 Å². The highest BCUT2D eigenvalue weighted by atomic mass is 127. The number of nitrogens with one attached hydrogen (secondary N) is 2. The van der Waals surface area contributed by atoms with Gasteiger partial charge in [-0.15, -0.1) is 24.0 Å². The number of benzene rings is 1. The predicted octanol–water partition coefficient (Wildman–Crippen LogP) is 2.78. The Labute approximate surface area is 156 Å². The van der Waals surface area contributed by atoms with Crippen LogP contribution < -0.4 is 10.6 Å². The highest BCUT2D eigenvalue weighted by molar-refractivity contribution is 14.0. The minimum Gasteiger partial charge on any atom is -0.357 e. The van der Waals surface area contributed by atoms with E-state index < -0.39 is 0 Å². The molecule has 0 aliphatic rings. The number of hydrogen-bond donors (Lipinski definition) is 2. The quantitative estimate of drug-likeness (QED) is 0.285. The molecule has 0 aliphatic heterocycles. The third kappa shape index (κ3) is 9.53. The summed E-state index contributed by atoms with van der Waals surface area (Å²) in [5.41, 5.74) is 2.57. The maximum absolute atomic E-state index is 4.65. The molecule has 0 radical (unpaired) electrons. The van der Waals surface area contributed by atoms with Crippen LogP contribution in [-0.4, -0.2) is 50.1 Å². The lowest BCUT2D eigenvalue weighted by atomic mass is 10.1. The Bertz CT molecular complexity index is 438. The van der Waals surface area contributed by atoms with Gasteiger partial charge in [-0.3, -0.25) is 0 Å². The molecule has 0 unspecified atom stereocenters. The van der Waals surface area contributed by atoms with E-state index in [1.807, 2.05) is 11.8 Å². The van der Waals surface area contributed by atoms with Gasteiger partial charge < -0.3 is 15.5 Å². The summed E-state index contributed by atoms with van der Waals surface area (Å²) in [5, 5.41) is 6.63. The van der Waals surface area contributed by atoms with Gasteiger partial charge >= 0.3 is 0 Å². The van der Waals surface area contributed by atoms with Crippen molar-refractivity contribution in [2.75, 3.05) is 39.2 Å². The second-order valence-corrected chi connectivity index (χ2v) is 6.16. The Hall–Kier alpha value is -0.470. The minimum atomic E-state index is 0. The summed E-state index contributed by atoms with van der Waals surface area (Å²) in [6.07, 6.45) is 2.11. The van der Waals surface area contributed by atoms with Gasteiger partial charge in [0.1, 0.15) is 0 Å². The fraction of sp³-hybridized carbons (Fsp3) is 0.562. The van der Waals surface area contributed by atoms with Crippen molar-refractivity contribution in [1.82, 2.24) is 15.5 Å².